The summed E-state index contributed by atoms with van der Waals surface area (Å²) in [5, 5.41) is 0.0805. The van der Waals surface area contributed by atoms with E-state index < -0.39 is 27.5 Å². The SMILES string of the molecule is CCS(=O)(=O)c1cccnc1-c1cc2cc(C(F)(F)C(F)(F)F)ccc2[nH]1. The van der Waals surface area contributed by atoms with Crippen LogP contribution >= 0.6 is 0 Å². The van der Waals surface area contributed by atoms with E-state index in [0.29, 0.717) is 6.07 Å². The molecule has 0 spiro atoms. The molecular weight excluding hydrogens is 391 g/mol. The molecule has 3 aromatic rings. The molecule has 4 nitrogen and oxygen atoms in total. The first-order chi connectivity index (χ1) is 12.5. The number of pyridine rings is 1. The lowest BCUT2D eigenvalue weighted by Gasteiger charge is -2.19. The third kappa shape index (κ3) is 3.29. The molecule has 144 valence electrons. The third-order valence-corrected chi connectivity index (χ3v) is 5.84. The molecule has 3 rings (SSSR count). The summed E-state index contributed by atoms with van der Waals surface area (Å²) in [4.78, 5) is 6.79. The fraction of sp³-hybridized carbons (Fsp3) is 0.235. The van der Waals surface area contributed by atoms with Crippen LogP contribution in [-0.4, -0.2) is 30.3 Å². The Hall–Kier alpha value is -2.49. The fourth-order valence-corrected chi connectivity index (χ4v) is 3.67. The Labute approximate surface area is 151 Å². The largest absolute Gasteiger partial charge is 0.458 e. The van der Waals surface area contributed by atoms with E-state index in [1.807, 2.05) is 0 Å². The minimum absolute atomic E-state index is 0.0556. The Morgan fingerprint density at radius 3 is 2.41 bits per heavy atom. The maximum atomic E-state index is 13.6. The summed E-state index contributed by atoms with van der Waals surface area (Å²) in [6, 6.07) is 6.58. The van der Waals surface area contributed by atoms with Crippen LogP contribution in [0.25, 0.3) is 22.3 Å². The van der Waals surface area contributed by atoms with Crippen molar-refractivity contribution in [1.29, 1.82) is 0 Å². The minimum Gasteiger partial charge on any atom is -0.353 e. The van der Waals surface area contributed by atoms with E-state index in [1.165, 1.54) is 31.3 Å². The van der Waals surface area contributed by atoms with Crippen molar-refractivity contribution in [2.75, 3.05) is 5.75 Å². The molecule has 27 heavy (non-hydrogen) atoms. The molecule has 0 aliphatic heterocycles. The first-order valence-electron chi connectivity index (χ1n) is 7.73. The zero-order chi connectivity index (χ0) is 20.0. The molecule has 2 heterocycles. The highest BCUT2D eigenvalue weighted by molar-refractivity contribution is 7.91. The van der Waals surface area contributed by atoms with Gasteiger partial charge >= 0.3 is 12.1 Å². The fourth-order valence-electron chi connectivity index (χ4n) is 2.62. The molecule has 2 aromatic heterocycles. The summed E-state index contributed by atoms with van der Waals surface area (Å²) in [6.07, 6.45) is -4.36. The predicted molar refractivity (Wildman–Crippen MR) is 89.2 cm³/mol. The van der Waals surface area contributed by atoms with Gasteiger partial charge in [-0.3, -0.25) is 4.98 Å². The molecule has 0 unspecified atom stereocenters. The highest BCUT2D eigenvalue weighted by Crippen LogP contribution is 2.44. The second kappa shape index (κ2) is 6.29. The number of benzene rings is 1. The van der Waals surface area contributed by atoms with Crippen molar-refractivity contribution in [2.45, 2.75) is 23.9 Å². The van der Waals surface area contributed by atoms with Gasteiger partial charge in [0.05, 0.1) is 16.3 Å². The van der Waals surface area contributed by atoms with E-state index in [-0.39, 0.29) is 32.9 Å². The number of fused-ring (bicyclic) bond motifs is 1. The van der Waals surface area contributed by atoms with Crippen molar-refractivity contribution in [3.63, 3.8) is 0 Å². The summed E-state index contributed by atoms with van der Waals surface area (Å²) >= 11 is 0. The number of nitrogens with zero attached hydrogens (tertiary/aromatic N) is 1. The molecule has 0 bridgehead atoms. The molecule has 0 amide bonds. The number of halogens is 5. The second-order valence-electron chi connectivity index (χ2n) is 5.81. The molecule has 0 radical (unpaired) electrons. The number of rotatable bonds is 4. The van der Waals surface area contributed by atoms with Crippen molar-refractivity contribution in [1.82, 2.24) is 9.97 Å². The molecule has 0 aliphatic rings. The minimum atomic E-state index is -5.72. The van der Waals surface area contributed by atoms with E-state index in [2.05, 4.69) is 9.97 Å². The standard InChI is InChI=1S/C17H13F5N2O2S/c1-2-27(25,26)14-4-3-7-23-15(14)13-9-10-8-11(5-6-12(10)24-13)16(18,19)17(20,21)22/h3-9,24H,2H2,1H3. The van der Waals surface area contributed by atoms with E-state index >= 15 is 0 Å². The maximum absolute atomic E-state index is 13.6. The number of sulfone groups is 1. The zero-order valence-corrected chi connectivity index (χ0v) is 14.6. The first kappa shape index (κ1) is 19.3. The van der Waals surface area contributed by atoms with Crippen molar-refractivity contribution in [3.05, 3.63) is 48.2 Å². The number of nitrogens with one attached hydrogen (secondary N) is 1. The normalized spacial score (nSPS) is 13.3. The smallest absolute Gasteiger partial charge is 0.353 e. The predicted octanol–water partition coefficient (Wildman–Crippen LogP) is 4.68. The lowest BCUT2D eigenvalue weighted by Crippen LogP contribution is -2.33. The van der Waals surface area contributed by atoms with Crippen LogP contribution in [0.15, 0.2) is 47.5 Å². The van der Waals surface area contributed by atoms with Gasteiger partial charge in [-0.15, -0.1) is 0 Å². The van der Waals surface area contributed by atoms with E-state index in [9.17, 15) is 30.4 Å². The van der Waals surface area contributed by atoms with Gasteiger partial charge in [0, 0.05) is 22.7 Å². The summed E-state index contributed by atoms with van der Waals surface area (Å²) in [5.74, 6) is -5.17. The molecular formula is C17H13F5N2O2S. The van der Waals surface area contributed by atoms with Gasteiger partial charge in [0.15, 0.2) is 9.84 Å². The van der Waals surface area contributed by atoms with Crippen molar-refractivity contribution in [2.24, 2.45) is 0 Å². The number of alkyl halides is 5. The van der Waals surface area contributed by atoms with Crippen LogP contribution in [0.5, 0.6) is 0 Å². The van der Waals surface area contributed by atoms with Gasteiger partial charge in [-0.05, 0) is 30.3 Å². The Kier molecular flexibility index (Phi) is 4.49. The van der Waals surface area contributed by atoms with Crippen LogP contribution in [0, 0.1) is 0 Å². The van der Waals surface area contributed by atoms with Gasteiger partial charge < -0.3 is 4.98 Å². The zero-order valence-electron chi connectivity index (χ0n) is 13.8. The van der Waals surface area contributed by atoms with Gasteiger partial charge in [-0.25, -0.2) is 8.42 Å². The number of aromatic nitrogens is 2. The van der Waals surface area contributed by atoms with Crippen molar-refractivity contribution in [3.8, 4) is 11.4 Å². The quantitative estimate of drug-likeness (QED) is 0.643. The van der Waals surface area contributed by atoms with Gasteiger partial charge in [-0.2, -0.15) is 22.0 Å². The Balaban J connectivity index is 2.15. The topological polar surface area (TPSA) is 62.8 Å². The van der Waals surface area contributed by atoms with Gasteiger partial charge in [-0.1, -0.05) is 13.0 Å². The highest BCUT2D eigenvalue weighted by atomic mass is 32.2. The van der Waals surface area contributed by atoms with Crippen molar-refractivity contribution >= 4 is 20.7 Å². The van der Waals surface area contributed by atoms with Gasteiger partial charge in [0.25, 0.3) is 0 Å². The third-order valence-electron chi connectivity index (χ3n) is 4.08. The summed E-state index contributed by atoms with van der Waals surface area (Å²) in [7, 11) is -3.62. The van der Waals surface area contributed by atoms with Crippen molar-refractivity contribution < 1.29 is 30.4 Å². The monoisotopic (exact) mass is 404 g/mol. The number of H-pyrrole nitrogens is 1. The number of aromatic amines is 1. The molecule has 0 saturated heterocycles. The molecule has 1 N–H and O–H groups in total. The van der Waals surface area contributed by atoms with Crippen LogP contribution in [-0.2, 0) is 15.8 Å². The van der Waals surface area contributed by atoms with E-state index in [4.69, 9.17) is 0 Å². The second-order valence-corrected chi connectivity index (χ2v) is 8.06. The van der Waals surface area contributed by atoms with Crippen LogP contribution in [0.4, 0.5) is 22.0 Å². The van der Waals surface area contributed by atoms with Crippen LogP contribution in [0.1, 0.15) is 12.5 Å². The van der Waals surface area contributed by atoms with Crippen LogP contribution in [0.2, 0.25) is 0 Å². The summed E-state index contributed by atoms with van der Waals surface area (Å²) in [5.41, 5.74) is -0.655. The Morgan fingerprint density at radius 2 is 1.78 bits per heavy atom. The van der Waals surface area contributed by atoms with Crippen LogP contribution in [0.3, 0.4) is 0 Å². The van der Waals surface area contributed by atoms with Gasteiger partial charge in [0.1, 0.15) is 5.69 Å². The lowest BCUT2D eigenvalue weighted by molar-refractivity contribution is -0.289. The molecule has 0 atom stereocenters. The van der Waals surface area contributed by atoms with E-state index in [0.717, 1.165) is 12.1 Å². The highest BCUT2D eigenvalue weighted by Gasteiger charge is 2.58. The maximum Gasteiger partial charge on any atom is 0.458 e. The molecule has 0 saturated carbocycles. The van der Waals surface area contributed by atoms with E-state index in [1.54, 1.807) is 0 Å². The first-order valence-corrected chi connectivity index (χ1v) is 9.38. The van der Waals surface area contributed by atoms with Gasteiger partial charge in [0.2, 0.25) is 0 Å². The lowest BCUT2D eigenvalue weighted by atomic mass is 10.1. The summed E-state index contributed by atoms with van der Waals surface area (Å²) in [6.45, 7) is 1.46. The average Bonchev–Trinajstić information content (AvgIpc) is 3.04. The molecule has 10 heteroatoms. The number of hydrogen-bond acceptors (Lipinski definition) is 3. The molecule has 0 aliphatic carbocycles. The van der Waals surface area contributed by atoms with Crippen LogP contribution < -0.4 is 0 Å². The number of hydrogen-bond donors (Lipinski definition) is 1. The average molecular weight is 404 g/mol. The summed E-state index contributed by atoms with van der Waals surface area (Å²) < 4.78 is 89.3. The Bertz CT molecular complexity index is 1100. The molecule has 0 fully saturated rings. The Morgan fingerprint density at radius 1 is 1.07 bits per heavy atom. The molecule has 1 aromatic carbocycles.